The number of aromatic nitrogens is 1. The molecule has 1 aromatic heterocycles. The van der Waals surface area contributed by atoms with Gasteiger partial charge in [0.25, 0.3) is 17.3 Å². The molecule has 1 amide bonds. The highest BCUT2D eigenvalue weighted by Crippen LogP contribution is 2.33. The fourth-order valence-electron chi connectivity index (χ4n) is 3.59. The third-order valence-corrected chi connectivity index (χ3v) is 5.39. The first-order chi connectivity index (χ1) is 14.3. The highest BCUT2D eigenvalue weighted by molar-refractivity contribution is 6.35. The van der Waals surface area contributed by atoms with Crippen molar-refractivity contribution in [3.63, 3.8) is 0 Å². The van der Waals surface area contributed by atoms with Gasteiger partial charge < -0.3 is 9.88 Å². The summed E-state index contributed by atoms with van der Waals surface area (Å²) in [6.45, 7) is 0.673. The third-order valence-electron chi connectivity index (χ3n) is 5.08. The Labute approximate surface area is 174 Å². The summed E-state index contributed by atoms with van der Waals surface area (Å²) in [6.07, 6.45) is 4.36. The number of carbonyl (C=O) groups is 1. The molecular formula is C20H15ClN4O5. The van der Waals surface area contributed by atoms with Crippen molar-refractivity contribution in [2.45, 2.75) is 6.42 Å². The smallest absolute Gasteiger partial charge is 0.277 e. The largest absolute Gasteiger partial charge is 0.359 e. The van der Waals surface area contributed by atoms with Crippen LogP contribution in [0.4, 0.5) is 11.4 Å². The molecule has 0 fully saturated rings. The number of nitrogens with one attached hydrogen (secondary N) is 1. The number of para-hydroxylation sites is 1. The van der Waals surface area contributed by atoms with Crippen molar-refractivity contribution in [3.05, 3.63) is 85.0 Å². The number of non-ortho nitro benzene ring substituents is 2. The van der Waals surface area contributed by atoms with Gasteiger partial charge in [-0.2, -0.15) is 0 Å². The Hall–Kier alpha value is -3.72. The summed E-state index contributed by atoms with van der Waals surface area (Å²) in [6, 6.07) is 8.61. The number of nitro groups is 2. The topological polar surface area (TPSA) is 122 Å². The van der Waals surface area contributed by atoms with Crippen molar-refractivity contribution in [1.29, 1.82) is 0 Å². The van der Waals surface area contributed by atoms with Crippen molar-refractivity contribution in [1.82, 2.24) is 9.88 Å². The minimum Gasteiger partial charge on any atom is -0.359 e. The van der Waals surface area contributed by atoms with E-state index < -0.39 is 27.1 Å². The second-order valence-electron chi connectivity index (χ2n) is 6.85. The summed E-state index contributed by atoms with van der Waals surface area (Å²) in [5.74, 6) is -0.487. The van der Waals surface area contributed by atoms with Gasteiger partial charge in [-0.3, -0.25) is 25.0 Å². The fourth-order valence-corrected chi connectivity index (χ4v) is 3.82. The highest BCUT2D eigenvalue weighted by atomic mass is 35.5. The summed E-state index contributed by atoms with van der Waals surface area (Å²) < 4.78 is 0. The lowest BCUT2D eigenvalue weighted by Gasteiger charge is -2.26. The van der Waals surface area contributed by atoms with E-state index in [2.05, 4.69) is 4.98 Å². The molecule has 152 valence electrons. The third kappa shape index (κ3) is 3.50. The van der Waals surface area contributed by atoms with E-state index in [1.165, 1.54) is 4.90 Å². The predicted molar refractivity (Wildman–Crippen MR) is 112 cm³/mol. The van der Waals surface area contributed by atoms with Crippen LogP contribution in [0, 0.1) is 20.2 Å². The second kappa shape index (κ2) is 7.60. The predicted octanol–water partition coefficient (Wildman–Crippen LogP) is 4.57. The second-order valence-corrected chi connectivity index (χ2v) is 7.25. The number of aromatic amines is 1. The van der Waals surface area contributed by atoms with Crippen LogP contribution in [0.25, 0.3) is 16.5 Å². The molecule has 0 bridgehead atoms. The molecule has 30 heavy (non-hydrogen) atoms. The Balaban J connectivity index is 1.60. The number of benzene rings is 2. The molecule has 1 aliphatic heterocycles. The van der Waals surface area contributed by atoms with Crippen LogP contribution in [-0.4, -0.2) is 38.7 Å². The lowest BCUT2D eigenvalue weighted by atomic mass is 9.98. The van der Waals surface area contributed by atoms with Crippen LogP contribution in [0.15, 0.2) is 48.7 Å². The van der Waals surface area contributed by atoms with Gasteiger partial charge in [-0.1, -0.05) is 29.8 Å². The molecule has 10 heteroatoms. The van der Waals surface area contributed by atoms with E-state index in [0.29, 0.717) is 18.0 Å². The van der Waals surface area contributed by atoms with Gasteiger partial charge in [0.1, 0.15) is 0 Å². The maximum absolute atomic E-state index is 12.8. The lowest BCUT2D eigenvalue weighted by Crippen LogP contribution is -2.34. The van der Waals surface area contributed by atoms with Crippen LogP contribution < -0.4 is 0 Å². The van der Waals surface area contributed by atoms with Crippen molar-refractivity contribution < 1.29 is 14.6 Å². The normalized spacial score (nSPS) is 13.9. The number of halogens is 1. The molecule has 4 rings (SSSR count). The zero-order valence-electron chi connectivity index (χ0n) is 15.5. The van der Waals surface area contributed by atoms with Crippen LogP contribution in [0.3, 0.4) is 0 Å². The molecule has 0 aliphatic carbocycles. The average Bonchev–Trinajstić information content (AvgIpc) is 3.18. The number of nitro benzene ring substituents is 2. The van der Waals surface area contributed by atoms with Gasteiger partial charge in [0.2, 0.25) is 0 Å². The van der Waals surface area contributed by atoms with Crippen molar-refractivity contribution in [2.75, 3.05) is 13.1 Å². The van der Waals surface area contributed by atoms with E-state index in [4.69, 9.17) is 11.6 Å². The van der Waals surface area contributed by atoms with Crippen molar-refractivity contribution >= 4 is 45.4 Å². The molecule has 2 aromatic carbocycles. The zero-order valence-corrected chi connectivity index (χ0v) is 16.3. The van der Waals surface area contributed by atoms with E-state index in [1.54, 1.807) is 6.07 Å². The molecule has 2 heterocycles. The summed E-state index contributed by atoms with van der Waals surface area (Å²) in [7, 11) is 0. The monoisotopic (exact) mass is 426 g/mol. The van der Waals surface area contributed by atoms with E-state index in [9.17, 15) is 25.0 Å². The van der Waals surface area contributed by atoms with Gasteiger partial charge in [0.05, 0.1) is 32.0 Å². The van der Waals surface area contributed by atoms with Gasteiger partial charge >= 0.3 is 0 Å². The van der Waals surface area contributed by atoms with Gasteiger partial charge in [0, 0.05) is 42.4 Å². The summed E-state index contributed by atoms with van der Waals surface area (Å²) in [4.78, 5) is 38.1. The Morgan fingerprint density at radius 2 is 1.80 bits per heavy atom. The van der Waals surface area contributed by atoms with E-state index in [-0.39, 0.29) is 12.1 Å². The number of fused-ring (bicyclic) bond motifs is 1. The van der Waals surface area contributed by atoms with Crippen molar-refractivity contribution in [3.8, 4) is 0 Å². The number of hydrogen-bond acceptors (Lipinski definition) is 5. The molecule has 0 atom stereocenters. The SMILES string of the molecule is O=C(c1cc([N+](=O)[O-])cc([N+](=O)[O-])c1)N1CC=C(c2c[nH]c3c(Cl)cccc23)CC1. The maximum Gasteiger partial charge on any atom is 0.277 e. The van der Waals surface area contributed by atoms with E-state index >= 15 is 0 Å². The first kappa shape index (κ1) is 19.6. The number of rotatable bonds is 4. The van der Waals surface area contributed by atoms with Crippen LogP contribution in [-0.2, 0) is 0 Å². The van der Waals surface area contributed by atoms with Crippen molar-refractivity contribution in [2.24, 2.45) is 0 Å². The van der Waals surface area contributed by atoms with Gasteiger partial charge in [-0.25, -0.2) is 0 Å². The molecule has 0 saturated carbocycles. The van der Waals surface area contributed by atoms with Gasteiger partial charge in [-0.15, -0.1) is 0 Å². The van der Waals surface area contributed by atoms with Crippen LogP contribution in [0.2, 0.25) is 5.02 Å². The van der Waals surface area contributed by atoms with Crippen LogP contribution >= 0.6 is 11.6 Å². The van der Waals surface area contributed by atoms with E-state index in [1.807, 2.05) is 24.4 Å². The molecule has 0 spiro atoms. The molecule has 0 unspecified atom stereocenters. The molecule has 9 nitrogen and oxygen atoms in total. The molecule has 0 radical (unpaired) electrons. The zero-order chi connectivity index (χ0) is 21.4. The summed E-state index contributed by atoms with van der Waals surface area (Å²) in [5, 5.41) is 23.7. The Morgan fingerprint density at radius 3 is 2.40 bits per heavy atom. The molecule has 3 aromatic rings. The van der Waals surface area contributed by atoms with Gasteiger partial charge in [-0.05, 0) is 18.1 Å². The number of H-pyrrole nitrogens is 1. The number of amides is 1. The summed E-state index contributed by atoms with van der Waals surface area (Å²) >= 11 is 6.21. The number of carbonyl (C=O) groups excluding carboxylic acids is 1. The number of nitrogens with zero attached hydrogens (tertiary/aromatic N) is 3. The Bertz CT molecular complexity index is 1200. The Kier molecular flexibility index (Phi) is 4.96. The molecule has 1 N–H and O–H groups in total. The maximum atomic E-state index is 12.8. The first-order valence-electron chi connectivity index (χ1n) is 9.03. The molecule has 0 saturated heterocycles. The van der Waals surface area contributed by atoms with Gasteiger partial charge in [0.15, 0.2) is 0 Å². The van der Waals surface area contributed by atoms with E-state index in [0.717, 1.165) is 40.2 Å². The first-order valence-corrected chi connectivity index (χ1v) is 9.41. The number of hydrogen-bond donors (Lipinski definition) is 1. The Morgan fingerprint density at radius 1 is 1.10 bits per heavy atom. The molecule has 1 aliphatic rings. The summed E-state index contributed by atoms with van der Waals surface area (Å²) in [5.41, 5.74) is 1.85. The quantitative estimate of drug-likeness (QED) is 0.483. The minimum absolute atomic E-state index is 0.0772. The van der Waals surface area contributed by atoms with Crippen LogP contribution in [0.1, 0.15) is 22.3 Å². The molecular weight excluding hydrogens is 412 g/mol. The van der Waals surface area contributed by atoms with Crippen LogP contribution in [0.5, 0.6) is 0 Å². The lowest BCUT2D eigenvalue weighted by molar-refractivity contribution is -0.394. The average molecular weight is 427 g/mol. The fraction of sp³-hybridized carbons (Fsp3) is 0.150. The highest BCUT2D eigenvalue weighted by Gasteiger charge is 2.25. The minimum atomic E-state index is -0.750. The standard InChI is InChI=1S/C20H15ClN4O5/c21-18-3-1-2-16-17(11-22-19(16)18)12-4-6-23(7-5-12)20(26)13-8-14(24(27)28)10-15(9-13)25(29)30/h1-4,8-11,22H,5-7H2.